The van der Waals surface area contributed by atoms with Gasteiger partial charge in [0.25, 0.3) is 0 Å². The normalized spacial score (nSPS) is 23.6. The molecule has 3 nitrogen and oxygen atoms in total. The maximum atomic E-state index is 13.0. The molecule has 2 aromatic rings. The first-order valence-electron chi connectivity index (χ1n) is 8.43. The maximum Gasteiger partial charge on any atom is 0.156 e. The van der Waals surface area contributed by atoms with Crippen LogP contribution in [-0.4, -0.2) is 18.2 Å². The van der Waals surface area contributed by atoms with E-state index in [1.54, 1.807) is 0 Å². The molecular weight excluding hydrogens is 300 g/mol. The van der Waals surface area contributed by atoms with E-state index in [0.29, 0.717) is 19.4 Å². The van der Waals surface area contributed by atoms with Crippen molar-refractivity contribution in [3.8, 4) is 0 Å². The fraction of sp³-hybridized carbons (Fsp3) is 0.333. The number of ketones is 2. The Kier molecular flexibility index (Phi) is 4.91. The highest BCUT2D eigenvalue weighted by Crippen LogP contribution is 2.40. The summed E-state index contributed by atoms with van der Waals surface area (Å²) in [5, 5.41) is 0. The maximum absolute atomic E-state index is 13.0. The van der Waals surface area contributed by atoms with E-state index >= 15 is 0 Å². The molecule has 24 heavy (non-hydrogen) atoms. The van der Waals surface area contributed by atoms with Crippen molar-refractivity contribution < 1.29 is 14.3 Å². The number of benzene rings is 2. The number of carbonyl (C=O) groups excluding carboxylic acids is 2. The molecule has 1 aliphatic rings. The molecule has 0 aliphatic heterocycles. The monoisotopic (exact) mass is 322 g/mol. The van der Waals surface area contributed by atoms with Crippen LogP contribution in [0, 0.1) is 5.92 Å². The molecule has 1 aliphatic carbocycles. The van der Waals surface area contributed by atoms with E-state index in [9.17, 15) is 9.59 Å². The van der Waals surface area contributed by atoms with E-state index in [1.165, 1.54) is 0 Å². The average molecular weight is 322 g/mol. The van der Waals surface area contributed by atoms with Crippen LogP contribution >= 0.6 is 0 Å². The van der Waals surface area contributed by atoms with Gasteiger partial charge in [-0.15, -0.1) is 0 Å². The van der Waals surface area contributed by atoms with E-state index in [1.807, 2.05) is 67.6 Å². The average Bonchev–Trinajstić information content (AvgIpc) is 2.88. The topological polar surface area (TPSA) is 43.4 Å². The minimum absolute atomic E-state index is 0.00858. The van der Waals surface area contributed by atoms with Crippen LogP contribution in [0.25, 0.3) is 0 Å². The SMILES string of the molecule is CC[C@H]1CC(=O)[C@](COCc2ccccc2)(c2ccccc2)C1=O. The molecule has 0 saturated heterocycles. The van der Waals surface area contributed by atoms with Crippen LogP contribution in [0.3, 0.4) is 0 Å². The number of Topliss-reactive ketones (excluding diaryl/α,β-unsaturated/α-hetero) is 2. The summed E-state index contributed by atoms with van der Waals surface area (Å²) in [6, 6.07) is 19.1. The summed E-state index contributed by atoms with van der Waals surface area (Å²) in [5.41, 5.74) is 0.645. The lowest BCUT2D eigenvalue weighted by Gasteiger charge is -2.27. The molecule has 0 N–H and O–H groups in total. The van der Waals surface area contributed by atoms with Crippen LogP contribution < -0.4 is 0 Å². The molecule has 0 aromatic heterocycles. The first-order valence-corrected chi connectivity index (χ1v) is 8.43. The Bertz CT molecular complexity index is 708. The Balaban J connectivity index is 1.86. The predicted octanol–water partition coefficient (Wildman–Crippen LogP) is 3.71. The lowest BCUT2D eigenvalue weighted by molar-refractivity contribution is -0.133. The van der Waals surface area contributed by atoms with Gasteiger partial charge in [0.1, 0.15) is 5.41 Å². The Morgan fingerprint density at radius 3 is 2.21 bits per heavy atom. The van der Waals surface area contributed by atoms with Gasteiger partial charge in [-0.3, -0.25) is 9.59 Å². The van der Waals surface area contributed by atoms with Crippen LogP contribution in [0.2, 0.25) is 0 Å². The molecule has 1 fully saturated rings. The van der Waals surface area contributed by atoms with Gasteiger partial charge in [-0.1, -0.05) is 67.6 Å². The highest BCUT2D eigenvalue weighted by Gasteiger charge is 2.55. The van der Waals surface area contributed by atoms with Crippen molar-refractivity contribution in [2.24, 2.45) is 5.92 Å². The molecule has 0 bridgehead atoms. The fourth-order valence-electron chi connectivity index (χ4n) is 3.46. The Hall–Kier alpha value is -2.26. The lowest BCUT2D eigenvalue weighted by Crippen LogP contribution is -2.43. The summed E-state index contributed by atoms with van der Waals surface area (Å²) >= 11 is 0. The molecule has 0 unspecified atom stereocenters. The van der Waals surface area contributed by atoms with Crippen molar-refractivity contribution in [2.75, 3.05) is 6.61 Å². The molecule has 3 rings (SSSR count). The molecular formula is C21H22O3. The highest BCUT2D eigenvalue weighted by molar-refractivity contribution is 6.19. The smallest absolute Gasteiger partial charge is 0.156 e. The Morgan fingerprint density at radius 2 is 1.62 bits per heavy atom. The van der Waals surface area contributed by atoms with Gasteiger partial charge in [-0.25, -0.2) is 0 Å². The first kappa shape index (κ1) is 16.6. The molecule has 3 heteroatoms. The van der Waals surface area contributed by atoms with Gasteiger partial charge in [0.15, 0.2) is 11.6 Å². The van der Waals surface area contributed by atoms with Crippen molar-refractivity contribution >= 4 is 11.6 Å². The van der Waals surface area contributed by atoms with E-state index in [4.69, 9.17) is 4.74 Å². The number of hydrogen-bond acceptors (Lipinski definition) is 3. The number of hydrogen-bond donors (Lipinski definition) is 0. The minimum Gasteiger partial charge on any atom is -0.375 e. The third-order valence-corrected chi connectivity index (χ3v) is 4.89. The molecule has 124 valence electrons. The third kappa shape index (κ3) is 2.92. The predicted molar refractivity (Wildman–Crippen MR) is 92.6 cm³/mol. The Morgan fingerprint density at radius 1 is 1.00 bits per heavy atom. The number of ether oxygens (including phenoxy) is 1. The first-order chi connectivity index (χ1) is 11.7. The van der Waals surface area contributed by atoms with Gasteiger partial charge < -0.3 is 4.74 Å². The quantitative estimate of drug-likeness (QED) is 0.762. The molecule has 2 aromatic carbocycles. The van der Waals surface area contributed by atoms with E-state index < -0.39 is 5.41 Å². The van der Waals surface area contributed by atoms with Gasteiger partial charge >= 0.3 is 0 Å². The number of carbonyl (C=O) groups is 2. The van der Waals surface area contributed by atoms with Gasteiger partial charge in [-0.05, 0) is 17.5 Å². The summed E-state index contributed by atoms with van der Waals surface area (Å²) < 4.78 is 5.85. The standard InChI is InChI=1S/C21H22O3/c1-2-17-13-19(22)21(20(17)23,18-11-7-4-8-12-18)15-24-14-16-9-5-3-6-10-16/h3-12,17H,2,13-15H2,1H3/t17-,21-/m0/s1. The summed E-state index contributed by atoms with van der Waals surface area (Å²) in [4.78, 5) is 25.8. The lowest BCUT2D eigenvalue weighted by atomic mass is 9.77. The third-order valence-electron chi connectivity index (χ3n) is 4.89. The molecule has 0 amide bonds. The minimum atomic E-state index is -1.14. The van der Waals surface area contributed by atoms with E-state index in [-0.39, 0.29) is 24.1 Å². The van der Waals surface area contributed by atoms with Gasteiger partial charge in [0.05, 0.1) is 13.2 Å². The summed E-state index contributed by atoms with van der Waals surface area (Å²) in [7, 11) is 0. The molecule has 0 radical (unpaired) electrons. The largest absolute Gasteiger partial charge is 0.375 e. The van der Waals surface area contributed by atoms with Crippen molar-refractivity contribution in [3.63, 3.8) is 0 Å². The van der Waals surface area contributed by atoms with Crippen LogP contribution in [0.1, 0.15) is 30.9 Å². The van der Waals surface area contributed by atoms with Gasteiger partial charge in [0.2, 0.25) is 0 Å². The second-order valence-corrected chi connectivity index (χ2v) is 6.35. The van der Waals surface area contributed by atoms with Crippen LogP contribution in [0.15, 0.2) is 60.7 Å². The fourth-order valence-corrected chi connectivity index (χ4v) is 3.46. The number of rotatable bonds is 6. The van der Waals surface area contributed by atoms with Crippen molar-refractivity contribution in [3.05, 3.63) is 71.8 Å². The van der Waals surface area contributed by atoms with Crippen molar-refractivity contribution in [1.29, 1.82) is 0 Å². The molecule has 1 saturated carbocycles. The zero-order chi connectivity index (χ0) is 17.0. The zero-order valence-corrected chi connectivity index (χ0v) is 13.9. The van der Waals surface area contributed by atoms with Gasteiger partial charge in [-0.2, -0.15) is 0 Å². The molecule has 2 atom stereocenters. The van der Waals surface area contributed by atoms with Crippen LogP contribution in [-0.2, 0) is 26.3 Å². The van der Waals surface area contributed by atoms with E-state index in [0.717, 1.165) is 11.1 Å². The second-order valence-electron chi connectivity index (χ2n) is 6.35. The van der Waals surface area contributed by atoms with E-state index in [2.05, 4.69) is 0 Å². The van der Waals surface area contributed by atoms with Crippen molar-refractivity contribution in [2.45, 2.75) is 31.8 Å². The highest BCUT2D eigenvalue weighted by atomic mass is 16.5. The summed E-state index contributed by atoms with van der Waals surface area (Å²) in [6.45, 7) is 2.47. The molecule has 0 heterocycles. The van der Waals surface area contributed by atoms with Crippen LogP contribution in [0.5, 0.6) is 0 Å². The van der Waals surface area contributed by atoms with Crippen molar-refractivity contribution in [1.82, 2.24) is 0 Å². The van der Waals surface area contributed by atoms with Crippen LogP contribution in [0.4, 0.5) is 0 Å². The second kappa shape index (κ2) is 7.10. The molecule has 0 spiro atoms. The van der Waals surface area contributed by atoms with Gasteiger partial charge in [0, 0.05) is 12.3 Å². The summed E-state index contributed by atoms with van der Waals surface area (Å²) in [5.74, 6) is -0.203. The zero-order valence-electron chi connectivity index (χ0n) is 13.9. The Labute approximate surface area is 142 Å². The summed E-state index contributed by atoms with van der Waals surface area (Å²) in [6.07, 6.45) is 1.01.